The Hall–Kier alpha value is -2.42. The second-order valence-corrected chi connectivity index (χ2v) is 5.17. The largest absolute Gasteiger partial charge is 0.270 e. The van der Waals surface area contributed by atoms with Crippen molar-refractivity contribution in [1.29, 1.82) is 0 Å². The summed E-state index contributed by atoms with van der Waals surface area (Å²) >= 11 is 0. The van der Waals surface area contributed by atoms with E-state index in [1.54, 1.807) is 24.3 Å². The first-order valence-corrected chi connectivity index (χ1v) is 6.59. The third-order valence-electron chi connectivity index (χ3n) is 3.71. The Kier molecular flexibility index (Phi) is 2.90. The van der Waals surface area contributed by atoms with Gasteiger partial charge in [-0.15, -0.1) is 0 Å². The molecule has 3 heteroatoms. The number of aryl methyl sites for hydroxylation is 2. The van der Waals surface area contributed by atoms with E-state index in [9.17, 15) is 9.59 Å². The first kappa shape index (κ1) is 12.6. The molecule has 0 aliphatic carbocycles. The molecule has 1 heterocycles. The van der Waals surface area contributed by atoms with Gasteiger partial charge < -0.3 is 0 Å². The molecule has 0 spiro atoms. The van der Waals surface area contributed by atoms with Crippen molar-refractivity contribution in [2.75, 3.05) is 0 Å². The monoisotopic (exact) mass is 265 g/mol. The molecule has 2 amide bonds. The molecule has 0 atom stereocenters. The van der Waals surface area contributed by atoms with E-state index in [0.717, 1.165) is 16.7 Å². The lowest BCUT2D eigenvalue weighted by atomic mass is 10.1. The highest BCUT2D eigenvalue weighted by molar-refractivity contribution is 6.21. The van der Waals surface area contributed by atoms with E-state index in [1.165, 1.54) is 4.90 Å². The van der Waals surface area contributed by atoms with E-state index in [2.05, 4.69) is 0 Å². The maximum atomic E-state index is 12.3. The molecule has 3 rings (SSSR count). The van der Waals surface area contributed by atoms with Gasteiger partial charge in [0, 0.05) is 0 Å². The lowest BCUT2D eigenvalue weighted by Gasteiger charge is -2.16. The van der Waals surface area contributed by atoms with Crippen molar-refractivity contribution in [3.8, 4) is 0 Å². The molecule has 20 heavy (non-hydrogen) atoms. The topological polar surface area (TPSA) is 37.4 Å². The van der Waals surface area contributed by atoms with Crippen LogP contribution in [-0.2, 0) is 6.54 Å². The SMILES string of the molecule is Cc1ccc(C)c(CN2C(=O)c3ccccc3C2=O)c1. The summed E-state index contributed by atoms with van der Waals surface area (Å²) in [6.07, 6.45) is 0. The van der Waals surface area contributed by atoms with Crippen LogP contribution < -0.4 is 0 Å². The van der Waals surface area contributed by atoms with Crippen molar-refractivity contribution < 1.29 is 9.59 Å². The Labute approximate surface area is 117 Å². The van der Waals surface area contributed by atoms with Crippen molar-refractivity contribution in [3.05, 3.63) is 70.3 Å². The number of hydrogen-bond acceptors (Lipinski definition) is 2. The second-order valence-electron chi connectivity index (χ2n) is 5.17. The smallest absolute Gasteiger partial charge is 0.261 e. The molecule has 0 bridgehead atoms. The molecule has 0 fully saturated rings. The molecule has 2 aromatic carbocycles. The molecule has 0 saturated heterocycles. The molecule has 2 aromatic rings. The third kappa shape index (κ3) is 1.92. The molecule has 1 aliphatic heterocycles. The number of carbonyl (C=O) groups excluding carboxylic acids is 2. The third-order valence-corrected chi connectivity index (χ3v) is 3.71. The maximum Gasteiger partial charge on any atom is 0.261 e. The molecular weight excluding hydrogens is 250 g/mol. The van der Waals surface area contributed by atoms with E-state index < -0.39 is 0 Å². The molecule has 1 aliphatic rings. The molecule has 0 unspecified atom stereocenters. The van der Waals surface area contributed by atoms with Gasteiger partial charge in [0.25, 0.3) is 11.8 Å². The van der Waals surface area contributed by atoms with E-state index in [-0.39, 0.29) is 11.8 Å². The lowest BCUT2D eigenvalue weighted by molar-refractivity contribution is 0.0642. The standard InChI is InChI=1S/C17H15NO2/c1-11-7-8-12(2)13(9-11)10-18-16(19)14-5-3-4-6-15(14)17(18)20/h3-9H,10H2,1-2H3. The summed E-state index contributed by atoms with van der Waals surface area (Å²) in [6, 6.07) is 13.1. The number of rotatable bonds is 2. The Morgan fingerprint density at radius 3 is 2.10 bits per heavy atom. The molecule has 3 nitrogen and oxygen atoms in total. The van der Waals surface area contributed by atoms with Crippen molar-refractivity contribution in [3.63, 3.8) is 0 Å². The van der Waals surface area contributed by atoms with Gasteiger partial charge in [-0.3, -0.25) is 14.5 Å². The van der Waals surface area contributed by atoms with E-state index in [1.807, 2.05) is 32.0 Å². The summed E-state index contributed by atoms with van der Waals surface area (Å²) < 4.78 is 0. The van der Waals surface area contributed by atoms with Crippen LogP contribution in [0.3, 0.4) is 0 Å². The zero-order valence-corrected chi connectivity index (χ0v) is 11.5. The van der Waals surface area contributed by atoms with Gasteiger partial charge in [0.05, 0.1) is 17.7 Å². The first-order valence-electron chi connectivity index (χ1n) is 6.59. The highest BCUT2D eigenvalue weighted by Crippen LogP contribution is 2.25. The molecule has 0 N–H and O–H groups in total. The van der Waals surface area contributed by atoms with E-state index >= 15 is 0 Å². The fourth-order valence-electron chi connectivity index (χ4n) is 2.52. The number of nitrogens with zero attached hydrogens (tertiary/aromatic N) is 1. The highest BCUT2D eigenvalue weighted by atomic mass is 16.2. The number of amides is 2. The summed E-state index contributed by atoms with van der Waals surface area (Å²) in [5.74, 6) is -0.405. The van der Waals surface area contributed by atoms with Gasteiger partial charge in [-0.25, -0.2) is 0 Å². The van der Waals surface area contributed by atoms with Crippen molar-refractivity contribution >= 4 is 11.8 Å². The number of imide groups is 1. The fourth-order valence-corrected chi connectivity index (χ4v) is 2.52. The second kappa shape index (κ2) is 4.60. The zero-order valence-electron chi connectivity index (χ0n) is 11.5. The van der Waals surface area contributed by atoms with Crippen LogP contribution in [0, 0.1) is 13.8 Å². The van der Waals surface area contributed by atoms with Crippen molar-refractivity contribution in [2.24, 2.45) is 0 Å². The summed E-state index contributed by atoms with van der Waals surface area (Å²) in [6.45, 7) is 4.33. The number of benzene rings is 2. The van der Waals surface area contributed by atoms with Crippen molar-refractivity contribution in [2.45, 2.75) is 20.4 Å². The van der Waals surface area contributed by atoms with Crippen LogP contribution in [0.1, 0.15) is 37.4 Å². The van der Waals surface area contributed by atoms with E-state index in [4.69, 9.17) is 0 Å². The summed E-state index contributed by atoms with van der Waals surface area (Å²) in [5, 5.41) is 0. The Balaban J connectivity index is 1.96. The first-order chi connectivity index (χ1) is 9.58. The predicted octanol–water partition coefficient (Wildman–Crippen LogP) is 3.10. The van der Waals surface area contributed by atoms with Gasteiger partial charge in [0.1, 0.15) is 0 Å². The molecule has 0 aromatic heterocycles. The minimum Gasteiger partial charge on any atom is -0.270 e. The van der Waals surface area contributed by atoms with Crippen LogP contribution in [0.4, 0.5) is 0 Å². The summed E-state index contributed by atoms with van der Waals surface area (Å²) in [7, 11) is 0. The van der Waals surface area contributed by atoms with Crippen molar-refractivity contribution in [1.82, 2.24) is 4.90 Å². The minimum absolute atomic E-state index is 0.202. The maximum absolute atomic E-state index is 12.3. The lowest BCUT2D eigenvalue weighted by Crippen LogP contribution is -2.29. The predicted molar refractivity (Wildman–Crippen MR) is 76.6 cm³/mol. The van der Waals surface area contributed by atoms with Crippen LogP contribution in [0.15, 0.2) is 42.5 Å². The van der Waals surface area contributed by atoms with Crippen LogP contribution in [0.2, 0.25) is 0 Å². The Bertz CT molecular complexity index is 684. The molecule has 0 saturated carbocycles. The van der Waals surface area contributed by atoms with Gasteiger partial charge in [-0.2, -0.15) is 0 Å². The van der Waals surface area contributed by atoms with Crippen LogP contribution >= 0.6 is 0 Å². The van der Waals surface area contributed by atoms with Gasteiger partial charge in [0.2, 0.25) is 0 Å². The summed E-state index contributed by atoms with van der Waals surface area (Å²) in [5.41, 5.74) is 4.24. The number of hydrogen-bond donors (Lipinski definition) is 0. The Morgan fingerprint density at radius 2 is 1.50 bits per heavy atom. The quantitative estimate of drug-likeness (QED) is 0.782. The molecular formula is C17H15NO2. The molecule has 100 valence electrons. The fraction of sp³-hybridized carbons (Fsp3) is 0.176. The van der Waals surface area contributed by atoms with Crippen LogP contribution in [0.25, 0.3) is 0 Å². The van der Waals surface area contributed by atoms with Gasteiger partial charge in [-0.1, -0.05) is 35.9 Å². The highest BCUT2D eigenvalue weighted by Gasteiger charge is 2.35. The van der Waals surface area contributed by atoms with E-state index in [0.29, 0.717) is 17.7 Å². The average molecular weight is 265 g/mol. The number of carbonyl (C=O) groups is 2. The number of fused-ring (bicyclic) bond motifs is 1. The minimum atomic E-state index is -0.202. The van der Waals surface area contributed by atoms with Gasteiger partial charge in [0.15, 0.2) is 0 Å². The van der Waals surface area contributed by atoms with Crippen LogP contribution in [0.5, 0.6) is 0 Å². The Morgan fingerprint density at radius 1 is 0.900 bits per heavy atom. The average Bonchev–Trinajstić information content (AvgIpc) is 2.68. The normalized spacial score (nSPS) is 13.8. The van der Waals surface area contributed by atoms with Gasteiger partial charge >= 0.3 is 0 Å². The summed E-state index contributed by atoms with van der Waals surface area (Å²) in [4.78, 5) is 26.0. The van der Waals surface area contributed by atoms with Crippen LogP contribution in [-0.4, -0.2) is 16.7 Å². The zero-order chi connectivity index (χ0) is 14.3. The molecule has 0 radical (unpaired) electrons. The van der Waals surface area contributed by atoms with Gasteiger partial charge in [-0.05, 0) is 37.1 Å².